The molecule has 3 rings (SSSR count). The van der Waals surface area contributed by atoms with Crippen LogP contribution in [0.1, 0.15) is 56.4 Å². The normalized spacial score (nSPS) is 11.5. The SMILES string of the molecule is CCC(=O)Oc1cccc(OC)c1OCCCc1cn(-c2cc(C(F)(F)F)ccn2)nc1C(C)C. The Morgan fingerprint density at radius 2 is 1.91 bits per heavy atom. The van der Waals surface area contributed by atoms with E-state index >= 15 is 0 Å². The number of alkyl halides is 3. The van der Waals surface area contributed by atoms with Crippen LogP contribution in [0.15, 0.2) is 42.7 Å². The number of carbonyl (C=O) groups is 1. The van der Waals surface area contributed by atoms with Gasteiger partial charge in [-0.1, -0.05) is 26.8 Å². The number of aromatic nitrogens is 3. The molecule has 0 N–H and O–H groups in total. The van der Waals surface area contributed by atoms with Crippen molar-refractivity contribution in [3.63, 3.8) is 0 Å². The van der Waals surface area contributed by atoms with Crippen LogP contribution in [0, 0.1) is 0 Å². The Hall–Kier alpha value is -3.56. The average Bonchev–Trinajstić information content (AvgIpc) is 3.26. The molecule has 3 aromatic rings. The molecule has 1 aromatic carbocycles. The van der Waals surface area contributed by atoms with Crippen molar-refractivity contribution in [3.05, 3.63) is 59.5 Å². The number of ether oxygens (including phenoxy) is 3. The maximum absolute atomic E-state index is 13.1. The van der Waals surface area contributed by atoms with E-state index in [0.29, 0.717) is 30.9 Å². The molecule has 0 atom stereocenters. The summed E-state index contributed by atoms with van der Waals surface area (Å²) in [6, 6.07) is 6.95. The molecule has 2 aromatic heterocycles. The maximum atomic E-state index is 13.1. The highest BCUT2D eigenvalue weighted by Crippen LogP contribution is 2.37. The van der Waals surface area contributed by atoms with Gasteiger partial charge in [-0.2, -0.15) is 18.3 Å². The lowest BCUT2D eigenvalue weighted by atomic mass is 10.0. The maximum Gasteiger partial charge on any atom is 0.416 e. The standard InChI is InChI=1S/C25H28F3N3O4/c1-5-22(32)35-20-10-6-9-19(33-4)24(20)34-13-7-8-17-15-31(30-23(17)16(2)3)21-14-18(11-12-29-21)25(26,27)28/h6,9-12,14-16H,5,7-8,13H2,1-4H3. The molecular weight excluding hydrogens is 463 g/mol. The number of nitrogens with zero attached hydrogens (tertiary/aromatic N) is 3. The summed E-state index contributed by atoms with van der Waals surface area (Å²) in [5.41, 5.74) is 0.884. The predicted octanol–water partition coefficient (Wildman–Crippen LogP) is 5.75. The number of rotatable bonds is 10. The van der Waals surface area contributed by atoms with E-state index in [1.807, 2.05) is 13.8 Å². The van der Waals surface area contributed by atoms with Gasteiger partial charge < -0.3 is 14.2 Å². The lowest BCUT2D eigenvalue weighted by molar-refractivity contribution is -0.137. The molecule has 0 spiro atoms. The molecular formula is C25H28F3N3O4. The summed E-state index contributed by atoms with van der Waals surface area (Å²) in [5, 5.41) is 4.49. The minimum atomic E-state index is -4.46. The highest BCUT2D eigenvalue weighted by Gasteiger charge is 2.31. The monoisotopic (exact) mass is 491 g/mol. The van der Waals surface area contributed by atoms with Gasteiger partial charge in [-0.3, -0.25) is 4.79 Å². The summed E-state index contributed by atoms with van der Waals surface area (Å²) in [6.07, 6.45) is -0.256. The second-order valence-corrected chi connectivity index (χ2v) is 8.11. The van der Waals surface area contributed by atoms with E-state index in [0.717, 1.165) is 29.6 Å². The first-order valence-electron chi connectivity index (χ1n) is 11.3. The fourth-order valence-corrected chi connectivity index (χ4v) is 3.45. The fourth-order valence-electron chi connectivity index (χ4n) is 3.45. The van der Waals surface area contributed by atoms with Crippen molar-refractivity contribution >= 4 is 5.97 Å². The third-order valence-corrected chi connectivity index (χ3v) is 5.19. The third-order valence-electron chi connectivity index (χ3n) is 5.19. The fraction of sp³-hybridized carbons (Fsp3) is 0.400. The van der Waals surface area contributed by atoms with Crippen molar-refractivity contribution in [3.8, 4) is 23.1 Å². The van der Waals surface area contributed by atoms with Crippen LogP contribution in [0.25, 0.3) is 5.82 Å². The summed E-state index contributed by atoms with van der Waals surface area (Å²) < 4.78 is 57.3. The number of halogens is 3. The lowest BCUT2D eigenvalue weighted by Crippen LogP contribution is -2.09. The number of esters is 1. The number of para-hydroxylation sites is 1. The smallest absolute Gasteiger partial charge is 0.416 e. The van der Waals surface area contributed by atoms with Crippen molar-refractivity contribution in [2.75, 3.05) is 13.7 Å². The Morgan fingerprint density at radius 1 is 1.17 bits per heavy atom. The molecule has 0 saturated carbocycles. The Kier molecular flexibility index (Phi) is 8.37. The van der Waals surface area contributed by atoms with Gasteiger partial charge in [0.05, 0.1) is 25.0 Å². The van der Waals surface area contributed by atoms with Gasteiger partial charge in [0, 0.05) is 18.8 Å². The van der Waals surface area contributed by atoms with Crippen LogP contribution < -0.4 is 14.2 Å². The van der Waals surface area contributed by atoms with Gasteiger partial charge in [-0.05, 0) is 48.6 Å². The Balaban J connectivity index is 1.74. The Labute approximate surface area is 201 Å². The lowest BCUT2D eigenvalue weighted by Gasteiger charge is -2.14. The first-order valence-corrected chi connectivity index (χ1v) is 11.3. The second kappa shape index (κ2) is 11.2. The molecule has 0 fully saturated rings. The zero-order valence-corrected chi connectivity index (χ0v) is 20.1. The molecule has 0 aliphatic heterocycles. The number of benzene rings is 1. The topological polar surface area (TPSA) is 75.5 Å². The molecule has 35 heavy (non-hydrogen) atoms. The number of pyridine rings is 1. The largest absolute Gasteiger partial charge is 0.493 e. The second-order valence-electron chi connectivity index (χ2n) is 8.11. The van der Waals surface area contributed by atoms with Crippen molar-refractivity contribution in [1.82, 2.24) is 14.8 Å². The number of hydrogen-bond acceptors (Lipinski definition) is 6. The van der Waals surface area contributed by atoms with Crippen LogP contribution in [0.3, 0.4) is 0 Å². The van der Waals surface area contributed by atoms with E-state index in [1.165, 1.54) is 11.8 Å². The van der Waals surface area contributed by atoms with E-state index in [1.54, 1.807) is 31.3 Å². The van der Waals surface area contributed by atoms with Gasteiger partial charge >= 0.3 is 12.1 Å². The van der Waals surface area contributed by atoms with Crippen LogP contribution in [0.4, 0.5) is 13.2 Å². The molecule has 0 aliphatic carbocycles. The van der Waals surface area contributed by atoms with Gasteiger partial charge in [0.25, 0.3) is 0 Å². The van der Waals surface area contributed by atoms with Crippen LogP contribution in [0.2, 0.25) is 0 Å². The highest BCUT2D eigenvalue weighted by molar-refractivity contribution is 5.73. The summed E-state index contributed by atoms with van der Waals surface area (Å²) in [4.78, 5) is 15.8. The third kappa shape index (κ3) is 6.52. The van der Waals surface area contributed by atoms with E-state index in [4.69, 9.17) is 14.2 Å². The highest BCUT2D eigenvalue weighted by atomic mass is 19.4. The van der Waals surface area contributed by atoms with Gasteiger partial charge in [0.1, 0.15) is 0 Å². The molecule has 0 bridgehead atoms. The minimum absolute atomic E-state index is 0.0623. The van der Waals surface area contributed by atoms with Gasteiger partial charge in [-0.15, -0.1) is 0 Å². The minimum Gasteiger partial charge on any atom is -0.493 e. The van der Waals surface area contributed by atoms with Crippen LogP contribution in [-0.2, 0) is 17.4 Å². The van der Waals surface area contributed by atoms with Gasteiger partial charge in [-0.25, -0.2) is 9.67 Å². The molecule has 0 amide bonds. The quantitative estimate of drug-likeness (QED) is 0.204. The zero-order chi connectivity index (χ0) is 25.6. The first-order chi connectivity index (χ1) is 16.6. The van der Waals surface area contributed by atoms with E-state index < -0.39 is 11.7 Å². The number of carbonyl (C=O) groups excluding carboxylic acids is 1. The number of aryl methyl sites for hydroxylation is 1. The molecule has 0 aliphatic rings. The molecule has 7 nitrogen and oxygen atoms in total. The molecule has 10 heteroatoms. The van der Waals surface area contributed by atoms with Crippen LogP contribution in [0.5, 0.6) is 17.2 Å². The molecule has 188 valence electrons. The zero-order valence-electron chi connectivity index (χ0n) is 20.1. The summed E-state index contributed by atoms with van der Waals surface area (Å²) in [7, 11) is 1.50. The molecule has 0 radical (unpaired) electrons. The number of methoxy groups -OCH3 is 1. The van der Waals surface area contributed by atoms with E-state index in [-0.39, 0.29) is 29.9 Å². The van der Waals surface area contributed by atoms with Crippen molar-refractivity contribution < 1.29 is 32.2 Å². The van der Waals surface area contributed by atoms with Crippen molar-refractivity contribution in [1.29, 1.82) is 0 Å². The molecule has 0 saturated heterocycles. The average molecular weight is 492 g/mol. The van der Waals surface area contributed by atoms with Crippen molar-refractivity contribution in [2.45, 2.75) is 52.1 Å². The first kappa shape index (κ1) is 26.1. The molecule has 2 heterocycles. The van der Waals surface area contributed by atoms with Crippen LogP contribution >= 0.6 is 0 Å². The summed E-state index contributed by atoms with van der Waals surface area (Å²) in [5.74, 6) is 0.832. The Morgan fingerprint density at radius 3 is 2.57 bits per heavy atom. The van der Waals surface area contributed by atoms with E-state index in [2.05, 4.69) is 10.1 Å². The Bertz CT molecular complexity index is 1160. The van der Waals surface area contributed by atoms with Crippen LogP contribution in [-0.4, -0.2) is 34.5 Å². The predicted molar refractivity (Wildman–Crippen MR) is 123 cm³/mol. The summed E-state index contributed by atoms with van der Waals surface area (Å²) >= 11 is 0. The van der Waals surface area contributed by atoms with E-state index in [9.17, 15) is 18.0 Å². The number of hydrogen-bond donors (Lipinski definition) is 0. The van der Waals surface area contributed by atoms with Gasteiger partial charge in [0.2, 0.25) is 5.75 Å². The molecule has 0 unspecified atom stereocenters. The summed E-state index contributed by atoms with van der Waals surface area (Å²) in [6.45, 7) is 5.93. The van der Waals surface area contributed by atoms with Gasteiger partial charge in [0.15, 0.2) is 17.3 Å². The van der Waals surface area contributed by atoms with Crippen molar-refractivity contribution in [2.24, 2.45) is 0 Å².